The molecule has 1 unspecified atom stereocenters. The maximum absolute atomic E-state index is 12.3. The number of benzene rings is 2. The molecule has 3 nitrogen and oxygen atoms in total. The molecule has 0 bridgehead atoms. The summed E-state index contributed by atoms with van der Waals surface area (Å²) in [6, 6.07) is 14.7. The number of hydrogen-bond donors (Lipinski definition) is 1. The Morgan fingerprint density at radius 2 is 1.90 bits per heavy atom. The summed E-state index contributed by atoms with van der Waals surface area (Å²) >= 11 is 5.95. The van der Waals surface area contributed by atoms with Crippen molar-refractivity contribution in [2.45, 2.75) is 13.0 Å². The first-order valence-electron chi connectivity index (χ1n) is 6.26. The highest BCUT2D eigenvalue weighted by molar-refractivity contribution is 6.31. The molecule has 2 aromatic carbocycles. The molecule has 0 aromatic heterocycles. The monoisotopic (exact) mass is 289 g/mol. The molecule has 0 spiro atoms. The molecule has 2 rings (SSSR count). The van der Waals surface area contributed by atoms with Gasteiger partial charge in [0.15, 0.2) is 6.10 Å². The molecule has 2 aromatic rings. The van der Waals surface area contributed by atoms with Gasteiger partial charge in [-0.1, -0.05) is 48.0 Å². The van der Waals surface area contributed by atoms with Gasteiger partial charge >= 0.3 is 0 Å². The molecular formula is C16H16ClNO2. The Kier molecular flexibility index (Phi) is 4.77. The maximum Gasteiger partial charge on any atom is 0.258 e. The van der Waals surface area contributed by atoms with Crippen molar-refractivity contribution in [3.05, 3.63) is 64.7 Å². The summed E-state index contributed by atoms with van der Waals surface area (Å²) < 4.78 is 5.30. The number of halogens is 1. The van der Waals surface area contributed by atoms with E-state index in [2.05, 4.69) is 5.32 Å². The molecule has 0 saturated heterocycles. The van der Waals surface area contributed by atoms with E-state index in [4.69, 9.17) is 16.3 Å². The first-order chi connectivity index (χ1) is 9.61. The summed E-state index contributed by atoms with van der Waals surface area (Å²) in [4.78, 5) is 12.3. The number of methoxy groups -OCH3 is 1. The van der Waals surface area contributed by atoms with Crippen LogP contribution in [0.1, 0.15) is 17.2 Å². The molecule has 0 saturated carbocycles. The molecular weight excluding hydrogens is 274 g/mol. The lowest BCUT2D eigenvalue weighted by Gasteiger charge is -2.16. The van der Waals surface area contributed by atoms with Gasteiger partial charge in [0.25, 0.3) is 5.91 Å². The van der Waals surface area contributed by atoms with E-state index in [1.807, 2.05) is 43.3 Å². The number of aryl methyl sites for hydroxylation is 1. The summed E-state index contributed by atoms with van der Waals surface area (Å²) in [6.45, 7) is 1.91. The first-order valence-corrected chi connectivity index (χ1v) is 6.64. The smallest absolute Gasteiger partial charge is 0.258 e. The second-order valence-corrected chi connectivity index (χ2v) is 4.91. The zero-order chi connectivity index (χ0) is 14.5. The van der Waals surface area contributed by atoms with Gasteiger partial charge in [-0.05, 0) is 30.2 Å². The van der Waals surface area contributed by atoms with E-state index in [9.17, 15) is 4.79 Å². The predicted molar refractivity (Wildman–Crippen MR) is 81.0 cm³/mol. The fraction of sp³-hybridized carbons (Fsp3) is 0.188. The van der Waals surface area contributed by atoms with Crippen molar-refractivity contribution in [3.8, 4) is 0 Å². The molecule has 104 valence electrons. The van der Waals surface area contributed by atoms with Gasteiger partial charge in [-0.15, -0.1) is 0 Å². The van der Waals surface area contributed by atoms with E-state index < -0.39 is 6.10 Å². The van der Waals surface area contributed by atoms with E-state index in [1.165, 1.54) is 7.11 Å². The Hall–Kier alpha value is -1.84. The quantitative estimate of drug-likeness (QED) is 0.925. The summed E-state index contributed by atoms with van der Waals surface area (Å²) in [5.41, 5.74) is 2.46. The highest BCUT2D eigenvalue weighted by atomic mass is 35.5. The molecule has 0 radical (unpaired) electrons. The molecule has 0 aliphatic rings. The molecule has 0 fully saturated rings. The van der Waals surface area contributed by atoms with Crippen molar-refractivity contribution in [1.29, 1.82) is 0 Å². The summed E-state index contributed by atoms with van der Waals surface area (Å²) in [6.07, 6.45) is -0.644. The fourth-order valence-electron chi connectivity index (χ4n) is 1.95. The topological polar surface area (TPSA) is 38.3 Å². The van der Waals surface area contributed by atoms with Crippen LogP contribution in [0, 0.1) is 6.92 Å². The van der Waals surface area contributed by atoms with Crippen LogP contribution in [0.3, 0.4) is 0 Å². The highest BCUT2D eigenvalue weighted by Crippen LogP contribution is 2.23. The lowest BCUT2D eigenvalue weighted by Crippen LogP contribution is -2.23. The van der Waals surface area contributed by atoms with Gasteiger partial charge in [-0.25, -0.2) is 0 Å². The van der Waals surface area contributed by atoms with E-state index in [0.29, 0.717) is 10.7 Å². The summed E-state index contributed by atoms with van der Waals surface area (Å²) in [7, 11) is 1.52. The Morgan fingerprint density at radius 3 is 2.55 bits per heavy atom. The molecule has 0 aliphatic carbocycles. The molecule has 20 heavy (non-hydrogen) atoms. The van der Waals surface area contributed by atoms with Gasteiger partial charge in [-0.3, -0.25) is 4.79 Å². The van der Waals surface area contributed by atoms with Crippen LogP contribution in [-0.2, 0) is 9.53 Å². The van der Waals surface area contributed by atoms with Crippen LogP contribution in [0.5, 0.6) is 0 Å². The van der Waals surface area contributed by atoms with E-state index in [1.54, 1.807) is 12.1 Å². The Bertz CT molecular complexity index is 599. The van der Waals surface area contributed by atoms with Crippen LogP contribution in [0.15, 0.2) is 48.5 Å². The second kappa shape index (κ2) is 6.55. The van der Waals surface area contributed by atoms with Gasteiger partial charge in [0.1, 0.15) is 0 Å². The molecule has 0 aliphatic heterocycles. The predicted octanol–water partition coefficient (Wildman–Crippen LogP) is 3.97. The number of anilines is 1. The zero-order valence-corrected chi connectivity index (χ0v) is 12.1. The maximum atomic E-state index is 12.3. The van der Waals surface area contributed by atoms with Crippen molar-refractivity contribution in [2.75, 3.05) is 12.4 Å². The first kappa shape index (κ1) is 14.6. The van der Waals surface area contributed by atoms with Crippen molar-refractivity contribution < 1.29 is 9.53 Å². The average Bonchev–Trinajstić information content (AvgIpc) is 2.45. The van der Waals surface area contributed by atoms with Gasteiger partial charge in [0.05, 0.1) is 0 Å². The van der Waals surface area contributed by atoms with Crippen LogP contribution in [0.25, 0.3) is 0 Å². The fourth-order valence-corrected chi connectivity index (χ4v) is 2.12. The second-order valence-electron chi connectivity index (χ2n) is 4.47. The van der Waals surface area contributed by atoms with Gasteiger partial charge in [0, 0.05) is 17.8 Å². The number of nitrogens with one attached hydrogen (secondary N) is 1. The van der Waals surface area contributed by atoms with Crippen molar-refractivity contribution in [1.82, 2.24) is 0 Å². The molecule has 4 heteroatoms. The molecule has 1 amide bonds. The number of ether oxygens (including phenoxy) is 1. The van der Waals surface area contributed by atoms with E-state index >= 15 is 0 Å². The van der Waals surface area contributed by atoms with Crippen LogP contribution < -0.4 is 5.32 Å². The van der Waals surface area contributed by atoms with Crippen LogP contribution >= 0.6 is 11.6 Å². The third-order valence-electron chi connectivity index (χ3n) is 3.03. The third-order valence-corrected chi connectivity index (χ3v) is 3.27. The lowest BCUT2D eigenvalue weighted by atomic mass is 10.1. The minimum absolute atomic E-state index is 0.218. The Morgan fingerprint density at radius 1 is 1.20 bits per heavy atom. The number of carbonyl (C=O) groups is 1. The Labute approximate surface area is 123 Å². The number of rotatable bonds is 4. The lowest BCUT2D eigenvalue weighted by molar-refractivity contribution is -0.126. The zero-order valence-electron chi connectivity index (χ0n) is 11.4. The van der Waals surface area contributed by atoms with Crippen LogP contribution in [-0.4, -0.2) is 13.0 Å². The van der Waals surface area contributed by atoms with Gasteiger partial charge in [0.2, 0.25) is 0 Å². The average molecular weight is 290 g/mol. The summed E-state index contributed by atoms with van der Waals surface area (Å²) in [5, 5.41) is 3.44. The van der Waals surface area contributed by atoms with Crippen LogP contribution in [0.4, 0.5) is 5.69 Å². The van der Waals surface area contributed by atoms with Crippen molar-refractivity contribution in [3.63, 3.8) is 0 Å². The molecule has 0 heterocycles. The number of hydrogen-bond acceptors (Lipinski definition) is 2. The SMILES string of the molecule is COC(C(=O)Nc1cc(Cl)ccc1C)c1ccccc1. The normalized spacial score (nSPS) is 11.9. The third kappa shape index (κ3) is 3.38. The van der Waals surface area contributed by atoms with Gasteiger partial charge in [-0.2, -0.15) is 0 Å². The number of carbonyl (C=O) groups excluding carboxylic acids is 1. The van der Waals surface area contributed by atoms with E-state index in [-0.39, 0.29) is 5.91 Å². The summed E-state index contributed by atoms with van der Waals surface area (Å²) in [5.74, 6) is -0.218. The standard InChI is InChI=1S/C16H16ClNO2/c1-11-8-9-13(17)10-14(11)18-16(19)15(20-2)12-6-4-3-5-7-12/h3-10,15H,1-2H3,(H,18,19). The number of amides is 1. The minimum Gasteiger partial charge on any atom is -0.367 e. The van der Waals surface area contributed by atoms with Gasteiger partial charge < -0.3 is 10.1 Å². The van der Waals surface area contributed by atoms with Crippen molar-refractivity contribution >= 4 is 23.2 Å². The largest absolute Gasteiger partial charge is 0.367 e. The van der Waals surface area contributed by atoms with Crippen molar-refractivity contribution in [2.24, 2.45) is 0 Å². The van der Waals surface area contributed by atoms with Crippen LogP contribution in [0.2, 0.25) is 5.02 Å². The molecule has 1 N–H and O–H groups in total. The highest BCUT2D eigenvalue weighted by Gasteiger charge is 2.20. The Balaban J connectivity index is 2.20. The molecule has 1 atom stereocenters. The minimum atomic E-state index is -0.644. The van der Waals surface area contributed by atoms with E-state index in [0.717, 1.165) is 11.1 Å².